The second-order valence-corrected chi connectivity index (χ2v) is 10.2. The van der Waals surface area contributed by atoms with E-state index in [1.807, 2.05) is 6.07 Å². The highest BCUT2D eigenvalue weighted by Gasteiger charge is 2.27. The Labute approximate surface area is 194 Å². The number of carbonyl (C=O) groups is 1. The Bertz CT molecular complexity index is 1070. The lowest BCUT2D eigenvalue weighted by Gasteiger charge is -2.22. The van der Waals surface area contributed by atoms with Crippen LogP contribution in [-0.2, 0) is 16.6 Å². The Morgan fingerprint density at radius 3 is 2.28 bits per heavy atom. The number of amides is 1. The van der Waals surface area contributed by atoms with Gasteiger partial charge in [0, 0.05) is 26.7 Å². The molecule has 0 aliphatic carbocycles. The predicted octanol–water partition coefficient (Wildman–Crippen LogP) is 4.19. The zero-order valence-electron chi connectivity index (χ0n) is 18.6. The van der Waals surface area contributed by atoms with Gasteiger partial charge in [-0.1, -0.05) is 30.5 Å². The van der Waals surface area contributed by atoms with Crippen molar-refractivity contribution >= 4 is 27.5 Å². The minimum absolute atomic E-state index is 0.0895. The van der Waals surface area contributed by atoms with Crippen molar-refractivity contribution < 1.29 is 22.7 Å². The summed E-state index contributed by atoms with van der Waals surface area (Å²) in [6.45, 7) is 1.28. The third-order valence-corrected chi connectivity index (χ3v) is 7.81. The summed E-state index contributed by atoms with van der Waals surface area (Å²) in [5, 5.41) is 0.212. The Hall–Kier alpha value is -2.29. The zero-order chi connectivity index (χ0) is 23.3. The van der Waals surface area contributed by atoms with Gasteiger partial charge in [-0.05, 0) is 48.7 Å². The summed E-state index contributed by atoms with van der Waals surface area (Å²) in [4.78, 5) is 14.7. The quantitative estimate of drug-likeness (QED) is 0.593. The van der Waals surface area contributed by atoms with Crippen LogP contribution in [0.1, 0.15) is 41.6 Å². The van der Waals surface area contributed by atoms with E-state index >= 15 is 0 Å². The summed E-state index contributed by atoms with van der Waals surface area (Å²) in [5.74, 6) is 0.798. The van der Waals surface area contributed by atoms with Gasteiger partial charge in [0.1, 0.15) is 0 Å². The van der Waals surface area contributed by atoms with E-state index in [-0.39, 0.29) is 21.4 Å². The van der Waals surface area contributed by atoms with E-state index in [4.69, 9.17) is 21.1 Å². The molecule has 1 saturated heterocycles. The first-order chi connectivity index (χ1) is 15.3. The first-order valence-corrected chi connectivity index (χ1v) is 12.4. The molecule has 0 saturated carbocycles. The lowest BCUT2D eigenvalue weighted by molar-refractivity contribution is 0.0785. The number of benzene rings is 2. The second-order valence-electron chi connectivity index (χ2n) is 7.81. The maximum Gasteiger partial charge on any atom is 0.255 e. The van der Waals surface area contributed by atoms with E-state index < -0.39 is 10.0 Å². The zero-order valence-corrected chi connectivity index (χ0v) is 20.2. The smallest absolute Gasteiger partial charge is 0.255 e. The average Bonchev–Trinajstić information content (AvgIpc) is 3.09. The number of sulfonamides is 1. The first kappa shape index (κ1) is 24.4. The first-order valence-electron chi connectivity index (χ1n) is 10.5. The molecule has 32 heavy (non-hydrogen) atoms. The van der Waals surface area contributed by atoms with Crippen molar-refractivity contribution in [1.82, 2.24) is 9.21 Å². The van der Waals surface area contributed by atoms with Crippen LogP contribution < -0.4 is 9.47 Å². The van der Waals surface area contributed by atoms with Crippen molar-refractivity contribution in [2.45, 2.75) is 37.1 Å². The molecule has 0 N–H and O–H groups in total. The largest absolute Gasteiger partial charge is 0.493 e. The second kappa shape index (κ2) is 10.6. The van der Waals surface area contributed by atoms with Crippen LogP contribution in [0.15, 0.2) is 41.3 Å². The molecule has 174 valence electrons. The summed E-state index contributed by atoms with van der Waals surface area (Å²) in [7, 11) is 1.06. The minimum Gasteiger partial charge on any atom is -0.493 e. The molecule has 0 atom stereocenters. The van der Waals surface area contributed by atoms with Crippen molar-refractivity contribution in [3.63, 3.8) is 0 Å². The van der Waals surface area contributed by atoms with Gasteiger partial charge in [0.25, 0.3) is 5.91 Å². The van der Waals surface area contributed by atoms with E-state index in [2.05, 4.69) is 0 Å². The molecule has 1 amide bonds. The van der Waals surface area contributed by atoms with Crippen LogP contribution in [0.3, 0.4) is 0 Å². The van der Waals surface area contributed by atoms with Gasteiger partial charge in [0.2, 0.25) is 10.0 Å². The number of carbonyl (C=O) groups excluding carboxylic acids is 1. The lowest BCUT2D eigenvalue weighted by atomic mass is 10.1. The van der Waals surface area contributed by atoms with Crippen LogP contribution in [0, 0.1) is 0 Å². The predicted molar refractivity (Wildman–Crippen MR) is 124 cm³/mol. The third-order valence-electron chi connectivity index (χ3n) is 5.59. The molecule has 0 spiro atoms. The SMILES string of the molecule is COc1ccc(CN(C)C(=O)c2cc(S(=O)(=O)N3CCCCCC3)ccc2Cl)cc1OC. The molecule has 9 heteroatoms. The minimum atomic E-state index is -3.69. The molecule has 1 aliphatic rings. The van der Waals surface area contributed by atoms with Crippen LogP contribution >= 0.6 is 11.6 Å². The number of hydrogen-bond donors (Lipinski definition) is 0. The molecule has 3 rings (SSSR count). The van der Waals surface area contributed by atoms with Crippen molar-refractivity contribution in [2.24, 2.45) is 0 Å². The fraction of sp³-hybridized carbons (Fsp3) is 0.435. The summed E-state index contributed by atoms with van der Waals surface area (Å²) in [6.07, 6.45) is 3.73. The van der Waals surface area contributed by atoms with Crippen LogP contribution in [0.25, 0.3) is 0 Å². The molecular formula is C23H29ClN2O5S. The molecule has 0 radical (unpaired) electrons. The van der Waals surface area contributed by atoms with E-state index in [1.54, 1.807) is 33.4 Å². The third kappa shape index (κ3) is 5.36. The van der Waals surface area contributed by atoms with E-state index in [9.17, 15) is 13.2 Å². The molecule has 1 aliphatic heterocycles. The molecule has 2 aromatic rings. The number of nitrogens with zero attached hydrogens (tertiary/aromatic N) is 2. The van der Waals surface area contributed by atoms with Gasteiger partial charge in [0.15, 0.2) is 11.5 Å². The van der Waals surface area contributed by atoms with E-state index in [0.717, 1.165) is 31.2 Å². The van der Waals surface area contributed by atoms with Crippen molar-refractivity contribution in [1.29, 1.82) is 0 Å². The number of ether oxygens (including phenoxy) is 2. The Kier molecular flexibility index (Phi) is 8.03. The van der Waals surface area contributed by atoms with Gasteiger partial charge in [-0.3, -0.25) is 4.79 Å². The molecular weight excluding hydrogens is 452 g/mol. The topological polar surface area (TPSA) is 76.2 Å². The van der Waals surface area contributed by atoms with Gasteiger partial charge in [-0.25, -0.2) is 8.42 Å². The molecule has 1 fully saturated rings. The Morgan fingerprint density at radius 1 is 1.00 bits per heavy atom. The standard InChI is InChI=1S/C23H29ClN2O5S/c1-25(16-17-8-11-21(30-2)22(14-17)31-3)23(27)19-15-18(9-10-20(19)24)32(28,29)26-12-6-4-5-7-13-26/h8-11,14-15H,4-7,12-13,16H2,1-3H3. The van der Waals surface area contributed by atoms with Gasteiger partial charge in [-0.2, -0.15) is 4.31 Å². The summed E-state index contributed by atoms with van der Waals surface area (Å²) >= 11 is 6.29. The normalized spacial score (nSPS) is 15.1. The van der Waals surface area contributed by atoms with Gasteiger partial charge < -0.3 is 14.4 Å². The number of methoxy groups -OCH3 is 2. The highest BCUT2D eigenvalue weighted by molar-refractivity contribution is 7.89. The fourth-order valence-corrected chi connectivity index (χ4v) is 5.53. The molecule has 2 aromatic carbocycles. The average molecular weight is 481 g/mol. The molecule has 0 unspecified atom stereocenters. The van der Waals surface area contributed by atoms with Crippen LogP contribution in [0.2, 0.25) is 5.02 Å². The fourth-order valence-electron chi connectivity index (χ4n) is 3.79. The highest BCUT2D eigenvalue weighted by Crippen LogP contribution is 2.29. The molecule has 7 nitrogen and oxygen atoms in total. The molecule has 0 bridgehead atoms. The van der Waals surface area contributed by atoms with E-state index in [1.165, 1.54) is 27.4 Å². The maximum atomic E-state index is 13.2. The summed E-state index contributed by atoms with van der Waals surface area (Å²) < 4.78 is 38.4. The lowest BCUT2D eigenvalue weighted by Crippen LogP contribution is -2.32. The van der Waals surface area contributed by atoms with Crippen LogP contribution in [0.4, 0.5) is 0 Å². The number of hydrogen-bond acceptors (Lipinski definition) is 5. The number of halogens is 1. The summed E-state index contributed by atoms with van der Waals surface area (Å²) in [5.41, 5.74) is 0.994. The van der Waals surface area contributed by atoms with E-state index in [0.29, 0.717) is 31.1 Å². The van der Waals surface area contributed by atoms with Crippen LogP contribution in [0.5, 0.6) is 11.5 Å². The maximum absolute atomic E-state index is 13.2. The van der Waals surface area contributed by atoms with Gasteiger partial charge in [0.05, 0.1) is 29.7 Å². The van der Waals surface area contributed by atoms with Crippen molar-refractivity contribution in [2.75, 3.05) is 34.4 Å². The number of rotatable bonds is 7. The summed E-state index contributed by atoms with van der Waals surface area (Å²) in [6, 6.07) is 9.73. The van der Waals surface area contributed by atoms with Crippen LogP contribution in [-0.4, -0.2) is 57.9 Å². The van der Waals surface area contributed by atoms with Gasteiger partial charge in [-0.15, -0.1) is 0 Å². The molecule has 0 aromatic heterocycles. The Morgan fingerprint density at radius 2 is 1.66 bits per heavy atom. The monoisotopic (exact) mass is 480 g/mol. The van der Waals surface area contributed by atoms with Gasteiger partial charge >= 0.3 is 0 Å². The molecule has 1 heterocycles. The van der Waals surface area contributed by atoms with Crippen molar-refractivity contribution in [3.8, 4) is 11.5 Å². The Balaban J connectivity index is 1.83. The highest BCUT2D eigenvalue weighted by atomic mass is 35.5. The van der Waals surface area contributed by atoms with Crippen molar-refractivity contribution in [3.05, 3.63) is 52.5 Å².